The van der Waals surface area contributed by atoms with Gasteiger partial charge in [0.2, 0.25) is 5.91 Å². The fraction of sp³-hybridized carbons (Fsp3) is 0.857. The Hall–Kier alpha value is -1.14. The fourth-order valence-corrected chi connectivity index (χ4v) is 2.92. The number of hydrogen-bond donors (Lipinski definition) is 2. The SMILES string of the molecule is CC(CN1CCCCC1)NC(=O)C1CCC(C(=O)O)O1. The molecule has 0 aromatic heterocycles. The van der Waals surface area contributed by atoms with Gasteiger partial charge in [0, 0.05) is 12.6 Å². The maximum Gasteiger partial charge on any atom is 0.332 e. The summed E-state index contributed by atoms with van der Waals surface area (Å²) in [4.78, 5) is 25.2. The zero-order valence-corrected chi connectivity index (χ0v) is 12.0. The van der Waals surface area contributed by atoms with Crippen LogP contribution < -0.4 is 5.32 Å². The molecule has 0 aliphatic carbocycles. The van der Waals surface area contributed by atoms with Crippen molar-refractivity contribution in [3.05, 3.63) is 0 Å². The first-order chi connectivity index (χ1) is 9.56. The summed E-state index contributed by atoms with van der Waals surface area (Å²) in [6.07, 6.45) is 3.21. The van der Waals surface area contributed by atoms with Crippen LogP contribution in [0.15, 0.2) is 0 Å². The molecule has 2 aliphatic heterocycles. The van der Waals surface area contributed by atoms with Crippen LogP contribution in [0.5, 0.6) is 0 Å². The van der Waals surface area contributed by atoms with E-state index in [1.807, 2.05) is 6.92 Å². The number of rotatable bonds is 5. The number of nitrogens with one attached hydrogen (secondary N) is 1. The predicted molar refractivity (Wildman–Crippen MR) is 73.4 cm³/mol. The molecule has 1 amide bonds. The van der Waals surface area contributed by atoms with Gasteiger partial charge >= 0.3 is 5.97 Å². The van der Waals surface area contributed by atoms with Crippen LogP contribution in [0.25, 0.3) is 0 Å². The van der Waals surface area contributed by atoms with E-state index in [1.54, 1.807) is 0 Å². The van der Waals surface area contributed by atoms with Crippen molar-refractivity contribution in [2.24, 2.45) is 0 Å². The van der Waals surface area contributed by atoms with Crippen LogP contribution in [0, 0.1) is 0 Å². The Kier molecular flexibility index (Phi) is 5.37. The summed E-state index contributed by atoms with van der Waals surface area (Å²) < 4.78 is 5.25. The summed E-state index contributed by atoms with van der Waals surface area (Å²) in [6, 6.07) is 0.0630. The van der Waals surface area contributed by atoms with Crippen LogP contribution in [0.4, 0.5) is 0 Å². The van der Waals surface area contributed by atoms with E-state index in [0.717, 1.165) is 19.6 Å². The lowest BCUT2D eigenvalue weighted by atomic mass is 10.1. The molecule has 2 fully saturated rings. The van der Waals surface area contributed by atoms with Crippen molar-refractivity contribution in [2.45, 2.75) is 57.3 Å². The predicted octanol–water partition coefficient (Wildman–Crippen LogP) is 0.609. The molecule has 0 bridgehead atoms. The molecule has 2 rings (SSSR count). The minimum absolute atomic E-state index is 0.0630. The van der Waals surface area contributed by atoms with Gasteiger partial charge in [0.25, 0.3) is 0 Å². The van der Waals surface area contributed by atoms with Gasteiger partial charge in [-0.3, -0.25) is 4.79 Å². The van der Waals surface area contributed by atoms with Crippen molar-refractivity contribution in [1.29, 1.82) is 0 Å². The Morgan fingerprint density at radius 2 is 1.90 bits per heavy atom. The minimum Gasteiger partial charge on any atom is -0.479 e. The monoisotopic (exact) mass is 284 g/mol. The van der Waals surface area contributed by atoms with E-state index in [0.29, 0.717) is 12.8 Å². The number of piperidine rings is 1. The van der Waals surface area contributed by atoms with Crippen LogP contribution in [0.2, 0.25) is 0 Å². The van der Waals surface area contributed by atoms with Gasteiger partial charge in [0.1, 0.15) is 6.10 Å². The highest BCUT2D eigenvalue weighted by Crippen LogP contribution is 2.20. The number of ether oxygens (including phenoxy) is 1. The van der Waals surface area contributed by atoms with E-state index in [9.17, 15) is 9.59 Å². The smallest absolute Gasteiger partial charge is 0.332 e. The molecular formula is C14H24N2O4. The number of hydrogen-bond acceptors (Lipinski definition) is 4. The van der Waals surface area contributed by atoms with Gasteiger partial charge in [-0.25, -0.2) is 4.79 Å². The van der Waals surface area contributed by atoms with Gasteiger partial charge in [-0.2, -0.15) is 0 Å². The van der Waals surface area contributed by atoms with Crippen LogP contribution in [0.1, 0.15) is 39.0 Å². The number of carbonyl (C=O) groups excluding carboxylic acids is 1. The molecule has 2 aliphatic rings. The third-order valence-electron chi connectivity index (χ3n) is 3.96. The van der Waals surface area contributed by atoms with Gasteiger partial charge < -0.3 is 20.1 Å². The van der Waals surface area contributed by atoms with E-state index in [-0.39, 0.29) is 11.9 Å². The van der Waals surface area contributed by atoms with E-state index in [2.05, 4.69) is 10.2 Å². The average molecular weight is 284 g/mol. The molecular weight excluding hydrogens is 260 g/mol. The molecule has 2 N–H and O–H groups in total. The summed E-state index contributed by atoms with van der Waals surface area (Å²) in [5.41, 5.74) is 0. The van der Waals surface area contributed by atoms with Crippen molar-refractivity contribution >= 4 is 11.9 Å². The Bertz CT molecular complexity index is 355. The molecule has 20 heavy (non-hydrogen) atoms. The first-order valence-corrected chi connectivity index (χ1v) is 7.47. The number of aliphatic carboxylic acids is 1. The van der Waals surface area contributed by atoms with E-state index in [4.69, 9.17) is 9.84 Å². The molecule has 0 aromatic rings. The maximum atomic E-state index is 12.0. The van der Waals surface area contributed by atoms with Gasteiger partial charge in [0.15, 0.2) is 6.10 Å². The lowest BCUT2D eigenvalue weighted by molar-refractivity contribution is -0.151. The summed E-state index contributed by atoms with van der Waals surface area (Å²) in [6.45, 7) is 5.03. The topological polar surface area (TPSA) is 78.9 Å². The largest absolute Gasteiger partial charge is 0.479 e. The highest BCUT2D eigenvalue weighted by Gasteiger charge is 2.35. The second-order valence-electron chi connectivity index (χ2n) is 5.80. The van der Waals surface area contributed by atoms with Crippen LogP contribution in [-0.2, 0) is 14.3 Å². The molecule has 2 heterocycles. The molecule has 114 valence electrons. The number of amides is 1. The van der Waals surface area contributed by atoms with E-state index in [1.165, 1.54) is 19.3 Å². The molecule has 3 unspecified atom stereocenters. The molecule has 0 spiro atoms. The van der Waals surface area contributed by atoms with Crippen LogP contribution >= 0.6 is 0 Å². The molecule has 6 nitrogen and oxygen atoms in total. The highest BCUT2D eigenvalue weighted by atomic mass is 16.5. The van der Waals surface area contributed by atoms with Crippen molar-refractivity contribution in [1.82, 2.24) is 10.2 Å². The van der Waals surface area contributed by atoms with Gasteiger partial charge in [-0.15, -0.1) is 0 Å². The third-order valence-corrected chi connectivity index (χ3v) is 3.96. The number of nitrogens with zero attached hydrogens (tertiary/aromatic N) is 1. The van der Waals surface area contributed by atoms with Crippen molar-refractivity contribution in [2.75, 3.05) is 19.6 Å². The zero-order valence-electron chi connectivity index (χ0n) is 12.0. The molecule has 0 saturated carbocycles. The summed E-state index contributed by atoms with van der Waals surface area (Å²) in [7, 11) is 0. The van der Waals surface area contributed by atoms with Crippen molar-refractivity contribution < 1.29 is 19.4 Å². The lowest BCUT2D eigenvalue weighted by Gasteiger charge is -2.29. The van der Waals surface area contributed by atoms with Crippen LogP contribution in [0.3, 0.4) is 0 Å². The third kappa shape index (κ3) is 4.18. The highest BCUT2D eigenvalue weighted by molar-refractivity contribution is 5.82. The first-order valence-electron chi connectivity index (χ1n) is 7.47. The Morgan fingerprint density at radius 1 is 1.25 bits per heavy atom. The van der Waals surface area contributed by atoms with Crippen LogP contribution in [-0.4, -0.2) is 59.8 Å². The van der Waals surface area contributed by atoms with Gasteiger partial charge in [-0.1, -0.05) is 6.42 Å². The second kappa shape index (κ2) is 7.04. The van der Waals surface area contributed by atoms with Crippen molar-refractivity contribution in [3.8, 4) is 0 Å². The lowest BCUT2D eigenvalue weighted by Crippen LogP contribution is -2.46. The quantitative estimate of drug-likeness (QED) is 0.773. The van der Waals surface area contributed by atoms with Crippen molar-refractivity contribution in [3.63, 3.8) is 0 Å². The maximum absolute atomic E-state index is 12.0. The van der Waals surface area contributed by atoms with E-state index >= 15 is 0 Å². The average Bonchev–Trinajstić information content (AvgIpc) is 2.89. The number of carboxylic acid groups (broad SMARTS) is 1. The second-order valence-corrected chi connectivity index (χ2v) is 5.80. The molecule has 6 heteroatoms. The Morgan fingerprint density at radius 3 is 2.50 bits per heavy atom. The first kappa shape index (κ1) is 15.3. The summed E-state index contributed by atoms with van der Waals surface area (Å²) >= 11 is 0. The molecule has 0 radical (unpaired) electrons. The minimum atomic E-state index is -0.985. The number of carbonyl (C=O) groups is 2. The number of likely N-dealkylation sites (tertiary alicyclic amines) is 1. The normalized spacial score (nSPS) is 29.1. The van der Waals surface area contributed by atoms with Gasteiger partial charge in [-0.05, 0) is 45.7 Å². The zero-order chi connectivity index (χ0) is 14.5. The summed E-state index contributed by atoms with van der Waals surface area (Å²) in [5.74, 6) is -1.17. The fourth-order valence-electron chi connectivity index (χ4n) is 2.92. The van der Waals surface area contributed by atoms with E-state index < -0.39 is 18.2 Å². The molecule has 3 atom stereocenters. The van der Waals surface area contributed by atoms with Gasteiger partial charge in [0.05, 0.1) is 0 Å². The standard InChI is InChI=1S/C14H24N2O4/c1-10(9-16-7-3-2-4-8-16)15-13(17)11-5-6-12(20-11)14(18)19/h10-12H,2-9H2,1H3,(H,15,17)(H,18,19). The molecule has 2 saturated heterocycles. The number of carboxylic acids is 1. The summed E-state index contributed by atoms with van der Waals surface area (Å²) in [5, 5.41) is 11.8. The Balaban J connectivity index is 1.72. The Labute approximate surface area is 119 Å². The molecule has 0 aromatic carbocycles.